The van der Waals surface area contributed by atoms with Crippen molar-refractivity contribution in [2.75, 3.05) is 39.1 Å². The summed E-state index contributed by atoms with van der Waals surface area (Å²) in [6.07, 6.45) is 1.60. The van der Waals surface area contributed by atoms with Gasteiger partial charge in [-0.3, -0.25) is 19.3 Å². The minimum absolute atomic E-state index is 0.0243. The molecule has 0 unspecified atom stereocenters. The molecule has 0 aliphatic carbocycles. The van der Waals surface area contributed by atoms with E-state index in [0.717, 1.165) is 0 Å². The van der Waals surface area contributed by atoms with Crippen LogP contribution in [0.2, 0.25) is 0 Å². The Kier molecular flexibility index (Phi) is 6.89. The number of carbonyl (C=O) groups excluding carboxylic acids is 3. The van der Waals surface area contributed by atoms with Crippen molar-refractivity contribution in [3.05, 3.63) is 34.9 Å². The maximum atomic E-state index is 12.9. The van der Waals surface area contributed by atoms with Crippen molar-refractivity contribution in [2.24, 2.45) is 0 Å². The fourth-order valence-corrected chi connectivity index (χ4v) is 4.62. The molecule has 1 aromatic rings. The minimum Gasteiger partial charge on any atom is -0.385 e. The molecule has 0 spiro atoms. The number of likely N-dealkylation sites (tertiary alicyclic amines) is 1. The molecule has 0 radical (unpaired) electrons. The van der Waals surface area contributed by atoms with Crippen molar-refractivity contribution in [3.8, 4) is 0 Å². The lowest BCUT2D eigenvalue weighted by molar-refractivity contribution is 0.0638. The van der Waals surface area contributed by atoms with Crippen LogP contribution in [0.25, 0.3) is 0 Å². The second kappa shape index (κ2) is 9.23. The number of carbonyl (C=O) groups is 3. The third kappa shape index (κ3) is 4.71. The maximum Gasteiger partial charge on any atom is 0.261 e. The molecular weight excluding hydrogens is 410 g/mol. The number of hydrogen-bond acceptors (Lipinski definition) is 6. The van der Waals surface area contributed by atoms with Crippen molar-refractivity contribution in [3.63, 3.8) is 0 Å². The zero-order valence-electron chi connectivity index (χ0n) is 17.2. The number of piperidine rings is 1. The first-order chi connectivity index (χ1) is 14.3. The van der Waals surface area contributed by atoms with Crippen molar-refractivity contribution in [1.82, 2.24) is 14.5 Å². The van der Waals surface area contributed by atoms with Gasteiger partial charge in [-0.25, -0.2) is 13.1 Å². The van der Waals surface area contributed by atoms with Crippen LogP contribution >= 0.6 is 0 Å². The van der Waals surface area contributed by atoms with Gasteiger partial charge >= 0.3 is 0 Å². The summed E-state index contributed by atoms with van der Waals surface area (Å²) in [5.74, 6) is -0.952. The Bertz CT molecular complexity index is 938. The van der Waals surface area contributed by atoms with Crippen LogP contribution in [-0.4, -0.2) is 81.1 Å². The standard InChI is InChI=1S/C20H27N3O6S/c1-3-30(27,28)21-15-7-10-22(11-8-15)18(24)14-5-6-16-17(13-14)20(26)23(19(16)25)9-4-12-29-2/h5-6,13,15,21H,3-4,7-12H2,1-2H3. The number of methoxy groups -OCH3 is 1. The monoisotopic (exact) mass is 437 g/mol. The molecule has 0 atom stereocenters. The van der Waals surface area contributed by atoms with Gasteiger partial charge in [-0.15, -0.1) is 0 Å². The highest BCUT2D eigenvalue weighted by Gasteiger charge is 2.36. The highest BCUT2D eigenvalue weighted by atomic mass is 32.2. The highest BCUT2D eigenvalue weighted by Crippen LogP contribution is 2.25. The molecule has 30 heavy (non-hydrogen) atoms. The second-order valence-electron chi connectivity index (χ2n) is 7.46. The molecule has 0 saturated carbocycles. The average molecular weight is 438 g/mol. The van der Waals surface area contributed by atoms with E-state index in [2.05, 4.69) is 4.72 Å². The number of benzene rings is 1. The van der Waals surface area contributed by atoms with Crippen LogP contribution < -0.4 is 4.72 Å². The van der Waals surface area contributed by atoms with Crippen molar-refractivity contribution >= 4 is 27.7 Å². The molecule has 1 saturated heterocycles. The first kappa shape index (κ1) is 22.4. The van der Waals surface area contributed by atoms with Gasteiger partial charge in [0.2, 0.25) is 10.0 Å². The molecule has 9 nitrogen and oxygen atoms in total. The lowest BCUT2D eigenvalue weighted by Crippen LogP contribution is -2.46. The van der Waals surface area contributed by atoms with Gasteiger partial charge in [-0.05, 0) is 44.4 Å². The quantitative estimate of drug-likeness (QED) is 0.477. The van der Waals surface area contributed by atoms with Gasteiger partial charge in [0, 0.05) is 45.0 Å². The molecule has 2 aliphatic rings. The number of nitrogens with zero attached hydrogens (tertiary/aromatic N) is 2. The number of sulfonamides is 1. The summed E-state index contributed by atoms with van der Waals surface area (Å²) < 4.78 is 31.1. The normalized spacial score (nSPS) is 17.5. The van der Waals surface area contributed by atoms with Gasteiger partial charge in [0.25, 0.3) is 17.7 Å². The molecule has 10 heteroatoms. The largest absolute Gasteiger partial charge is 0.385 e. The van der Waals surface area contributed by atoms with Crippen LogP contribution in [0.4, 0.5) is 0 Å². The third-order valence-electron chi connectivity index (χ3n) is 5.46. The van der Waals surface area contributed by atoms with E-state index in [1.165, 1.54) is 17.0 Å². The zero-order chi connectivity index (χ0) is 21.9. The van der Waals surface area contributed by atoms with E-state index in [-0.39, 0.29) is 35.7 Å². The Labute approximate surface area is 176 Å². The number of fused-ring (bicyclic) bond motifs is 1. The van der Waals surface area contributed by atoms with E-state index in [1.54, 1.807) is 25.0 Å². The predicted octanol–water partition coefficient (Wildman–Crippen LogP) is 0.863. The third-order valence-corrected chi connectivity index (χ3v) is 6.91. The van der Waals surface area contributed by atoms with Crippen LogP contribution in [-0.2, 0) is 14.8 Å². The highest BCUT2D eigenvalue weighted by molar-refractivity contribution is 7.89. The predicted molar refractivity (Wildman–Crippen MR) is 110 cm³/mol. The summed E-state index contributed by atoms with van der Waals surface area (Å²) in [5, 5.41) is 0. The van der Waals surface area contributed by atoms with E-state index in [0.29, 0.717) is 50.1 Å². The zero-order valence-corrected chi connectivity index (χ0v) is 18.0. The Morgan fingerprint density at radius 3 is 2.47 bits per heavy atom. The van der Waals surface area contributed by atoms with Gasteiger partial charge in [-0.1, -0.05) is 0 Å². The number of rotatable bonds is 8. The molecular formula is C20H27N3O6S. The van der Waals surface area contributed by atoms with Crippen LogP contribution in [0.5, 0.6) is 0 Å². The summed E-state index contributed by atoms with van der Waals surface area (Å²) in [5.41, 5.74) is 0.900. The van der Waals surface area contributed by atoms with E-state index >= 15 is 0 Å². The molecule has 0 bridgehead atoms. The second-order valence-corrected chi connectivity index (χ2v) is 9.50. The van der Waals surface area contributed by atoms with Crippen LogP contribution in [0.3, 0.4) is 0 Å². The summed E-state index contributed by atoms with van der Waals surface area (Å²) in [7, 11) is -1.72. The maximum absolute atomic E-state index is 12.9. The molecule has 1 N–H and O–H groups in total. The minimum atomic E-state index is -3.28. The van der Waals surface area contributed by atoms with Gasteiger partial charge in [0.05, 0.1) is 16.9 Å². The van der Waals surface area contributed by atoms with Gasteiger partial charge in [-0.2, -0.15) is 0 Å². The molecule has 2 heterocycles. The van der Waals surface area contributed by atoms with Crippen molar-refractivity contribution in [1.29, 1.82) is 0 Å². The van der Waals surface area contributed by atoms with E-state index in [9.17, 15) is 22.8 Å². The van der Waals surface area contributed by atoms with E-state index < -0.39 is 15.9 Å². The Hall–Kier alpha value is -2.30. The smallest absolute Gasteiger partial charge is 0.261 e. The first-order valence-corrected chi connectivity index (χ1v) is 11.7. The lowest BCUT2D eigenvalue weighted by atomic mass is 10.0. The Morgan fingerprint density at radius 2 is 1.83 bits per heavy atom. The number of hydrogen-bond donors (Lipinski definition) is 1. The Balaban J connectivity index is 1.66. The van der Waals surface area contributed by atoms with Gasteiger partial charge < -0.3 is 9.64 Å². The molecule has 1 aromatic carbocycles. The molecule has 164 valence electrons. The molecule has 3 rings (SSSR count). The van der Waals surface area contributed by atoms with E-state index in [4.69, 9.17) is 4.74 Å². The summed E-state index contributed by atoms with van der Waals surface area (Å²) in [6.45, 7) is 3.14. The SMILES string of the molecule is CCS(=O)(=O)NC1CCN(C(=O)c2ccc3c(c2)C(=O)N(CCCOC)C3=O)CC1. The fraction of sp³-hybridized carbons (Fsp3) is 0.550. The lowest BCUT2D eigenvalue weighted by Gasteiger charge is -2.32. The van der Waals surface area contributed by atoms with Gasteiger partial charge in [0.1, 0.15) is 0 Å². The van der Waals surface area contributed by atoms with E-state index in [1.807, 2.05) is 0 Å². The van der Waals surface area contributed by atoms with Crippen LogP contribution in [0, 0.1) is 0 Å². The van der Waals surface area contributed by atoms with Crippen molar-refractivity contribution in [2.45, 2.75) is 32.2 Å². The number of amides is 3. The molecule has 0 aromatic heterocycles. The van der Waals surface area contributed by atoms with Crippen LogP contribution in [0.1, 0.15) is 57.3 Å². The summed E-state index contributed by atoms with van der Waals surface area (Å²) >= 11 is 0. The molecule has 1 fully saturated rings. The fourth-order valence-electron chi connectivity index (χ4n) is 3.71. The Morgan fingerprint density at radius 1 is 1.17 bits per heavy atom. The summed E-state index contributed by atoms with van der Waals surface area (Å²) in [4.78, 5) is 40.8. The van der Waals surface area contributed by atoms with Crippen molar-refractivity contribution < 1.29 is 27.5 Å². The van der Waals surface area contributed by atoms with Gasteiger partial charge in [0.15, 0.2) is 0 Å². The molecule has 3 amide bonds. The number of imide groups is 1. The number of ether oxygens (including phenoxy) is 1. The topological polar surface area (TPSA) is 113 Å². The average Bonchev–Trinajstić information content (AvgIpc) is 2.98. The molecule has 2 aliphatic heterocycles. The first-order valence-electron chi connectivity index (χ1n) is 10.1. The van der Waals surface area contributed by atoms with Crippen LogP contribution in [0.15, 0.2) is 18.2 Å². The number of nitrogens with one attached hydrogen (secondary N) is 1. The summed E-state index contributed by atoms with van der Waals surface area (Å²) in [6, 6.07) is 4.40.